The molecule has 34 heavy (non-hydrogen) atoms. The summed E-state index contributed by atoms with van der Waals surface area (Å²) in [4.78, 5) is 21.1. The smallest absolute Gasteiger partial charge is 0.253 e. The van der Waals surface area contributed by atoms with Crippen molar-refractivity contribution in [1.82, 2.24) is 15.4 Å². The molecule has 1 N–H and O–H groups in total. The number of hydrogen-bond donors (Lipinski definition) is 1. The van der Waals surface area contributed by atoms with Crippen LogP contribution in [0.5, 0.6) is 11.5 Å². The van der Waals surface area contributed by atoms with Gasteiger partial charge in [-0.25, -0.2) is 15.4 Å². The number of rotatable bonds is 10. The predicted octanol–water partition coefficient (Wildman–Crippen LogP) is 5.36. The molecule has 3 aromatic rings. The minimum Gasteiger partial charge on any atom is -0.490 e. The molecule has 0 saturated carbocycles. The lowest BCUT2D eigenvalue weighted by Gasteiger charge is -2.13. The fraction of sp³-hybridized carbons (Fsp3) is 0.280. The topological polar surface area (TPSA) is 85.7 Å². The van der Waals surface area contributed by atoms with Crippen LogP contribution in [0.2, 0.25) is 5.02 Å². The van der Waals surface area contributed by atoms with Gasteiger partial charge in [0, 0.05) is 16.4 Å². The molecule has 1 heterocycles. The second kappa shape index (κ2) is 12.4. The van der Waals surface area contributed by atoms with Gasteiger partial charge in [-0.05, 0) is 75.2 Å². The molecule has 0 aliphatic carbocycles. The van der Waals surface area contributed by atoms with E-state index in [1.54, 1.807) is 13.1 Å². The first-order valence-corrected chi connectivity index (χ1v) is 12.1. The molecule has 1 amide bonds. The Bertz CT molecular complexity index is 1140. The van der Waals surface area contributed by atoms with Crippen molar-refractivity contribution in [3.05, 3.63) is 76.1 Å². The van der Waals surface area contributed by atoms with Gasteiger partial charge < -0.3 is 9.47 Å². The molecule has 0 saturated heterocycles. The Kier molecular flexibility index (Phi) is 9.30. The van der Waals surface area contributed by atoms with E-state index >= 15 is 0 Å². The van der Waals surface area contributed by atoms with Crippen molar-refractivity contribution in [2.45, 2.75) is 44.7 Å². The number of thioether (sulfide) groups is 1. The van der Waals surface area contributed by atoms with Crippen LogP contribution in [0.4, 0.5) is 0 Å². The molecule has 7 nitrogen and oxygen atoms in total. The van der Waals surface area contributed by atoms with Crippen molar-refractivity contribution >= 4 is 35.5 Å². The molecule has 9 heteroatoms. The number of halogens is 1. The lowest BCUT2D eigenvalue weighted by molar-refractivity contribution is -0.120. The van der Waals surface area contributed by atoms with Gasteiger partial charge in [-0.1, -0.05) is 35.5 Å². The summed E-state index contributed by atoms with van der Waals surface area (Å²) in [5.74, 6) is 0.982. The number of hydrogen-bond acceptors (Lipinski definition) is 7. The Morgan fingerprint density at radius 1 is 1.09 bits per heavy atom. The van der Waals surface area contributed by atoms with E-state index in [1.807, 2.05) is 69.3 Å². The van der Waals surface area contributed by atoms with Crippen LogP contribution >= 0.6 is 23.4 Å². The number of aromatic nitrogens is 2. The van der Waals surface area contributed by atoms with Crippen molar-refractivity contribution in [1.29, 1.82) is 0 Å². The molecule has 0 spiro atoms. The van der Waals surface area contributed by atoms with Gasteiger partial charge in [-0.15, -0.1) is 0 Å². The quantitative estimate of drug-likeness (QED) is 0.175. The normalized spacial score (nSPS) is 11.9. The first-order valence-electron chi connectivity index (χ1n) is 10.8. The third-order valence-electron chi connectivity index (χ3n) is 4.58. The summed E-state index contributed by atoms with van der Waals surface area (Å²) >= 11 is 7.22. The molecular weight excluding hydrogens is 472 g/mol. The number of benzene rings is 2. The fourth-order valence-corrected chi connectivity index (χ4v) is 3.95. The number of amides is 1. The molecule has 0 bridgehead atoms. The molecule has 3 rings (SSSR count). The molecule has 0 aliphatic rings. The van der Waals surface area contributed by atoms with Crippen molar-refractivity contribution in [3.8, 4) is 11.5 Å². The van der Waals surface area contributed by atoms with Crippen LogP contribution in [0.1, 0.15) is 36.4 Å². The summed E-state index contributed by atoms with van der Waals surface area (Å²) in [6.45, 7) is 8.37. The lowest BCUT2D eigenvalue weighted by Crippen LogP contribution is -2.27. The molecule has 0 aliphatic heterocycles. The Hall–Kier alpha value is -3.10. The van der Waals surface area contributed by atoms with Crippen LogP contribution in [0.3, 0.4) is 0 Å². The van der Waals surface area contributed by atoms with E-state index in [1.165, 1.54) is 11.8 Å². The Balaban J connectivity index is 1.59. The second-order valence-corrected chi connectivity index (χ2v) is 9.23. The van der Waals surface area contributed by atoms with Gasteiger partial charge in [-0.2, -0.15) is 5.10 Å². The number of hydrazone groups is 1. The van der Waals surface area contributed by atoms with E-state index in [4.69, 9.17) is 21.1 Å². The van der Waals surface area contributed by atoms with Gasteiger partial charge in [0.1, 0.15) is 6.61 Å². The summed E-state index contributed by atoms with van der Waals surface area (Å²) < 4.78 is 11.6. The van der Waals surface area contributed by atoms with Gasteiger partial charge in [0.15, 0.2) is 16.7 Å². The maximum Gasteiger partial charge on any atom is 0.253 e. The van der Waals surface area contributed by atoms with Crippen LogP contribution in [0.15, 0.2) is 58.8 Å². The number of nitrogens with one attached hydrogen (secondary N) is 1. The molecule has 0 radical (unpaired) electrons. The monoisotopic (exact) mass is 498 g/mol. The van der Waals surface area contributed by atoms with Crippen LogP contribution in [0.25, 0.3) is 0 Å². The van der Waals surface area contributed by atoms with Gasteiger partial charge >= 0.3 is 0 Å². The highest BCUT2D eigenvalue weighted by atomic mass is 35.5. The van der Waals surface area contributed by atoms with Crippen LogP contribution in [0, 0.1) is 13.8 Å². The summed E-state index contributed by atoms with van der Waals surface area (Å²) in [5, 5.41) is 4.93. The number of carbonyl (C=O) groups excluding carboxylic acids is 1. The fourth-order valence-electron chi connectivity index (χ4n) is 2.95. The van der Waals surface area contributed by atoms with Crippen molar-refractivity contribution in [3.63, 3.8) is 0 Å². The zero-order chi connectivity index (χ0) is 24.5. The number of nitrogens with zero attached hydrogens (tertiary/aromatic N) is 3. The average Bonchev–Trinajstić information content (AvgIpc) is 2.79. The van der Waals surface area contributed by atoms with Gasteiger partial charge in [0.05, 0.1) is 18.1 Å². The van der Waals surface area contributed by atoms with Gasteiger partial charge in [-0.3, -0.25) is 4.79 Å². The van der Waals surface area contributed by atoms with Crippen molar-refractivity contribution < 1.29 is 14.3 Å². The SMILES string of the molecule is CCOc1cc(/C=N\NC(=O)[C@H](C)Sc2nc(C)cc(C)n2)ccc1OCc1ccc(Cl)cc1. The number of carbonyl (C=O) groups is 1. The Morgan fingerprint density at radius 2 is 1.79 bits per heavy atom. The highest BCUT2D eigenvalue weighted by Crippen LogP contribution is 2.29. The van der Waals surface area contributed by atoms with E-state index in [-0.39, 0.29) is 5.91 Å². The Morgan fingerprint density at radius 3 is 2.47 bits per heavy atom. The molecule has 178 valence electrons. The molecule has 2 aromatic carbocycles. The zero-order valence-electron chi connectivity index (χ0n) is 19.5. The second-order valence-electron chi connectivity index (χ2n) is 7.48. The number of aryl methyl sites for hydroxylation is 2. The summed E-state index contributed by atoms with van der Waals surface area (Å²) in [5.41, 5.74) is 6.07. The van der Waals surface area contributed by atoms with Crippen molar-refractivity contribution in [2.75, 3.05) is 6.61 Å². The molecule has 1 aromatic heterocycles. The van der Waals surface area contributed by atoms with E-state index in [2.05, 4.69) is 20.5 Å². The highest BCUT2D eigenvalue weighted by Gasteiger charge is 2.16. The standard InChI is InChI=1S/C25H27ClN4O3S/c1-5-32-23-13-20(8-11-22(23)33-15-19-6-9-21(26)10-7-19)14-27-30-24(31)18(4)34-25-28-16(2)12-17(3)29-25/h6-14,18H,5,15H2,1-4H3,(H,30,31)/b27-14-/t18-/m0/s1. The first-order chi connectivity index (χ1) is 16.3. The van der Waals surface area contributed by atoms with Crippen molar-refractivity contribution in [2.24, 2.45) is 5.10 Å². The lowest BCUT2D eigenvalue weighted by atomic mass is 10.2. The largest absolute Gasteiger partial charge is 0.490 e. The third kappa shape index (κ3) is 7.74. The zero-order valence-corrected chi connectivity index (χ0v) is 21.1. The summed E-state index contributed by atoms with van der Waals surface area (Å²) in [7, 11) is 0. The van der Waals surface area contributed by atoms with Gasteiger partial charge in [0.25, 0.3) is 5.91 Å². The Labute approximate surface area is 208 Å². The summed E-state index contributed by atoms with van der Waals surface area (Å²) in [6, 6.07) is 14.9. The molecule has 0 unspecified atom stereocenters. The average molecular weight is 499 g/mol. The van der Waals surface area contributed by atoms with E-state index < -0.39 is 5.25 Å². The van der Waals surface area contributed by atoms with Crippen LogP contribution in [-0.2, 0) is 11.4 Å². The maximum absolute atomic E-state index is 12.4. The van der Waals surface area contributed by atoms with E-state index in [0.717, 1.165) is 22.5 Å². The highest BCUT2D eigenvalue weighted by molar-refractivity contribution is 8.00. The maximum atomic E-state index is 12.4. The molecule has 0 fully saturated rings. The minimum atomic E-state index is -0.402. The van der Waals surface area contributed by atoms with E-state index in [9.17, 15) is 4.79 Å². The van der Waals surface area contributed by atoms with Crippen LogP contribution in [-0.4, -0.2) is 33.9 Å². The molecular formula is C25H27ClN4O3S. The number of ether oxygens (including phenoxy) is 2. The van der Waals surface area contributed by atoms with Crippen LogP contribution < -0.4 is 14.9 Å². The minimum absolute atomic E-state index is 0.239. The van der Waals surface area contributed by atoms with E-state index in [0.29, 0.717) is 34.9 Å². The van der Waals surface area contributed by atoms with Gasteiger partial charge in [0.2, 0.25) is 0 Å². The predicted molar refractivity (Wildman–Crippen MR) is 136 cm³/mol. The molecule has 1 atom stereocenters. The first kappa shape index (κ1) is 25.5. The summed E-state index contributed by atoms with van der Waals surface area (Å²) in [6.07, 6.45) is 1.56. The third-order valence-corrected chi connectivity index (χ3v) is 5.79.